The lowest BCUT2D eigenvalue weighted by molar-refractivity contribution is -0.137. The minimum absolute atomic E-state index is 0.0409. The fourth-order valence-electron chi connectivity index (χ4n) is 3.09. The van der Waals surface area contributed by atoms with Crippen molar-refractivity contribution in [1.82, 2.24) is 15.4 Å². The van der Waals surface area contributed by atoms with Crippen LogP contribution in [-0.4, -0.2) is 41.1 Å². The molecule has 140 valence electrons. The summed E-state index contributed by atoms with van der Waals surface area (Å²) in [6.07, 6.45) is -1.75. The van der Waals surface area contributed by atoms with Crippen molar-refractivity contribution in [2.75, 3.05) is 24.6 Å². The van der Waals surface area contributed by atoms with E-state index in [1.807, 2.05) is 0 Å². The zero-order chi connectivity index (χ0) is 18.7. The molecule has 1 saturated heterocycles. The van der Waals surface area contributed by atoms with E-state index in [0.717, 1.165) is 25.3 Å². The Bertz CT molecular complexity index is 783. The highest BCUT2D eigenvalue weighted by atomic mass is 19.4. The molecule has 0 spiro atoms. The smallest absolute Gasteiger partial charge is 0.418 e. The molecule has 1 N–H and O–H groups in total. The number of esters is 1. The minimum atomic E-state index is -4.52. The first kappa shape index (κ1) is 18.2. The molecule has 1 fully saturated rings. The Morgan fingerprint density at radius 3 is 2.62 bits per heavy atom. The van der Waals surface area contributed by atoms with Crippen molar-refractivity contribution < 1.29 is 22.7 Å². The quantitative estimate of drug-likeness (QED) is 0.834. The van der Waals surface area contributed by atoms with Crippen LogP contribution in [0.15, 0.2) is 18.2 Å². The molecule has 0 bridgehead atoms. The molecule has 0 saturated carbocycles. The summed E-state index contributed by atoms with van der Waals surface area (Å²) in [5, 5.41) is 9.83. The van der Waals surface area contributed by atoms with Gasteiger partial charge in [-0.25, -0.2) is 4.79 Å². The number of nitrogens with zero attached hydrogens (tertiary/aromatic N) is 3. The van der Waals surface area contributed by atoms with E-state index in [1.165, 1.54) is 12.1 Å². The van der Waals surface area contributed by atoms with Crippen molar-refractivity contribution >= 4 is 11.7 Å². The van der Waals surface area contributed by atoms with Crippen molar-refractivity contribution in [2.45, 2.75) is 32.4 Å². The summed E-state index contributed by atoms with van der Waals surface area (Å²) in [7, 11) is 0. The molecule has 26 heavy (non-hydrogen) atoms. The monoisotopic (exact) mass is 368 g/mol. The predicted octanol–water partition coefficient (Wildman–Crippen LogP) is 3.66. The lowest BCUT2D eigenvalue weighted by Crippen LogP contribution is -2.31. The van der Waals surface area contributed by atoms with Crippen molar-refractivity contribution in [3.8, 4) is 11.3 Å². The zero-order valence-electron chi connectivity index (χ0n) is 14.3. The Balaban J connectivity index is 2.03. The number of nitrogens with one attached hydrogen (secondary N) is 1. The van der Waals surface area contributed by atoms with E-state index >= 15 is 0 Å². The van der Waals surface area contributed by atoms with Gasteiger partial charge in [-0.3, -0.25) is 0 Å². The topological polar surface area (TPSA) is 71.1 Å². The van der Waals surface area contributed by atoms with E-state index in [2.05, 4.69) is 15.4 Å². The van der Waals surface area contributed by atoms with Crippen LogP contribution < -0.4 is 4.90 Å². The summed E-state index contributed by atoms with van der Waals surface area (Å²) in [6.45, 7) is 2.96. The van der Waals surface area contributed by atoms with Crippen LogP contribution in [-0.2, 0) is 10.9 Å². The van der Waals surface area contributed by atoms with Gasteiger partial charge in [-0.15, -0.1) is 5.10 Å². The number of rotatable bonds is 4. The molecule has 1 aromatic carbocycles. The Kier molecular flexibility index (Phi) is 5.15. The van der Waals surface area contributed by atoms with Crippen LogP contribution in [0.2, 0.25) is 0 Å². The third kappa shape index (κ3) is 3.66. The Morgan fingerprint density at radius 2 is 1.96 bits per heavy atom. The largest absolute Gasteiger partial charge is 0.461 e. The molecule has 0 aliphatic carbocycles. The molecule has 0 atom stereocenters. The third-order valence-corrected chi connectivity index (χ3v) is 4.29. The lowest BCUT2D eigenvalue weighted by atomic mass is 10.0. The maximum Gasteiger partial charge on any atom is 0.418 e. The molecule has 6 nitrogen and oxygen atoms in total. The second-order valence-corrected chi connectivity index (χ2v) is 6.02. The highest BCUT2D eigenvalue weighted by molar-refractivity contribution is 5.94. The van der Waals surface area contributed by atoms with Gasteiger partial charge in [-0.2, -0.15) is 23.5 Å². The van der Waals surface area contributed by atoms with Gasteiger partial charge in [0.05, 0.1) is 12.2 Å². The van der Waals surface area contributed by atoms with Crippen LogP contribution in [0.4, 0.5) is 18.9 Å². The molecule has 0 unspecified atom stereocenters. The highest BCUT2D eigenvalue weighted by Crippen LogP contribution is 2.40. The number of aromatic amines is 1. The molecule has 3 rings (SSSR count). The van der Waals surface area contributed by atoms with Crippen LogP contribution in [0.25, 0.3) is 11.3 Å². The number of hydrogen-bond acceptors (Lipinski definition) is 5. The fourth-order valence-corrected chi connectivity index (χ4v) is 3.09. The van der Waals surface area contributed by atoms with Gasteiger partial charge < -0.3 is 9.64 Å². The number of aromatic nitrogens is 3. The first-order chi connectivity index (χ1) is 12.4. The second-order valence-electron chi connectivity index (χ2n) is 6.02. The fraction of sp³-hybridized carbons (Fsp3) is 0.471. The molecule has 1 aromatic heterocycles. The van der Waals surface area contributed by atoms with E-state index in [-0.39, 0.29) is 29.2 Å². The number of ether oxygens (including phenoxy) is 1. The van der Waals surface area contributed by atoms with Gasteiger partial charge >= 0.3 is 12.1 Å². The maximum atomic E-state index is 13.6. The minimum Gasteiger partial charge on any atom is -0.461 e. The summed E-state index contributed by atoms with van der Waals surface area (Å²) in [4.78, 5) is 13.7. The number of H-pyrrole nitrogens is 1. The van der Waals surface area contributed by atoms with Crippen molar-refractivity contribution in [3.63, 3.8) is 0 Å². The van der Waals surface area contributed by atoms with Gasteiger partial charge in [-0.05, 0) is 38.3 Å². The van der Waals surface area contributed by atoms with Crippen LogP contribution in [0.1, 0.15) is 42.2 Å². The van der Waals surface area contributed by atoms with Crippen molar-refractivity contribution in [2.24, 2.45) is 0 Å². The predicted molar refractivity (Wildman–Crippen MR) is 88.8 cm³/mol. The van der Waals surface area contributed by atoms with Crippen LogP contribution in [0.3, 0.4) is 0 Å². The van der Waals surface area contributed by atoms with Gasteiger partial charge in [-0.1, -0.05) is 6.07 Å². The van der Waals surface area contributed by atoms with Gasteiger partial charge in [0.1, 0.15) is 5.69 Å². The van der Waals surface area contributed by atoms with Gasteiger partial charge in [0.15, 0.2) is 5.69 Å². The van der Waals surface area contributed by atoms with Gasteiger partial charge in [0.25, 0.3) is 0 Å². The second kappa shape index (κ2) is 7.35. The average molecular weight is 368 g/mol. The number of carbonyl (C=O) groups is 1. The number of carbonyl (C=O) groups excluding carboxylic acids is 1. The highest BCUT2D eigenvalue weighted by Gasteiger charge is 2.36. The molecule has 2 heterocycles. The van der Waals surface area contributed by atoms with Crippen molar-refractivity contribution in [3.05, 3.63) is 29.5 Å². The van der Waals surface area contributed by atoms with Crippen LogP contribution in [0, 0.1) is 0 Å². The molecular formula is C17H19F3N4O2. The average Bonchev–Trinajstić information content (AvgIpc) is 3.11. The first-order valence-corrected chi connectivity index (χ1v) is 8.46. The first-order valence-electron chi connectivity index (χ1n) is 8.46. The summed E-state index contributed by atoms with van der Waals surface area (Å²) in [6, 6.07) is 3.98. The standard InChI is InChI=1S/C17H19F3N4O2/c1-2-26-16(25)15-14(21-23-22-15)11-6-7-13(12(10-11)17(18,19)20)24-8-4-3-5-9-24/h6-7,10H,2-5,8-9H2,1H3,(H,21,22,23). The van der Waals surface area contributed by atoms with E-state index in [1.54, 1.807) is 11.8 Å². The van der Waals surface area contributed by atoms with Crippen molar-refractivity contribution in [1.29, 1.82) is 0 Å². The summed E-state index contributed by atoms with van der Waals surface area (Å²) in [5.74, 6) is -0.732. The number of benzene rings is 1. The molecule has 0 radical (unpaired) electrons. The lowest BCUT2D eigenvalue weighted by Gasteiger charge is -2.31. The Labute approximate surface area is 148 Å². The van der Waals surface area contributed by atoms with Crippen LogP contribution >= 0.6 is 0 Å². The number of alkyl halides is 3. The molecular weight excluding hydrogens is 349 g/mol. The molecule has 2 aromatic rings. The number of halogens is 3. The number of piperidine rings is 1. The SMILES string of the molecule is CCOC(=O)c1n[nH]nc1-c1ccc(N2CCCCC2)c(C(F)(F)F)c1. The van der Waals surface area contributed by atoms with E-state index < -0.39 is 17.7 Å². The Morgan fingerprint density at radius 1 is 1.23 bits per heavy atom. The molecule has 0 amide bonds. The number of hydrogen-bond donors (Lipinski definition) is 1. The molecule has 9 heteroatoms. The van der Waals surface area contributed by atoms with E-state index in [4.69, 9.17) is 4.74 Å². The van der Waals surface area contributed by atoms with E-state index in [0.29, 0.717) is 13.1 Å². The van der Waals surface area contributed by atoms with E-state index in [9.17, 15) is 18.0 Å². The third-order valence-electron chi connectivity index (χ3n) is 4.29. The molecule has 1 aliphatic heterocycles. The number of anilines is 1. The maximum absolute atomic E-state index is 13.6. The normalized spacial score (nSPS) is 15.2. The molecule has 1 aliphatic rings. The summed E-state index contributed by atoms with van der Waals surface area (Å²) >= 11 is 0. The summed E-state index contributed by atoms with van der Waals surface area (Å²) < 4.78 is 45.8. The Hall–Kier alpha value is -2.58. The summed E-state index contributed by atoms with van der Waals surface area (Å²) in [5.41, 5.74) is -0.517. The van der Waals surface area contributed by atoms with Crippen LogP contribution in [0.5, 0.6) is 0 Å². The van der Waals surface area contributed by atoms with Gasteiger partial charge in [0, 0.05) is 24.3 Å². The van der Waals surface area contributed by atoms with Gasteiger partial charge in [0.2, 0.25) is 0 Å². The zero-order valence-corrected chi connectivity index (χ0v) is 14.3.